The van der Waals surface area contributed by atoms with Crippen LogP contribution in [0, 0.1) is 0 Å². The van der Waals surface area contributed by atoms with Gasteiger partial charge in [0.15, 0.2) is 5.17 Å². The molecule has 72 valence electrons. The monoisotopic (exact) mass is 246 g/mol. The molecule has 0 aromatic heterocycles. The number of thioether (sulfide) groups is 1. The lowest BCUT2D eigenvalue weighted by Crippen LogP contribution is -2.17. The second-order valence-corrected chi connectivity index (χ2v) is 7.82. The first-order valence-electron chi connectivity index (χ1n) is 3.10. The van der Waals surface area contributed by atoms with Crippen molar-refractivity contribution in [2.45, 2.75) is 0 Å². The molecule has 0 saturated heterocycles. The molecule has 1 unspecified atom stereocenters. The van der Waals surface area contributed by atoms with E-state index in [0.717, 1.165) is 5.17 Å². The Balaban J connectivity index is 4.60. The van der Waals surface area contributed by atoms with E-state index in [9.17, 15) is 0 Å². The molecular formula is C5H12ClN2OPS2. The van der Waals surface area contributed by atoms with Crippen LogP contribution in [0.1, 0.15) is 0 Å². The molecular weight excluding hydrogens is 235 g/mol. The van der Waals surface area contributed by atoms with Gasteiger partial charge in [0.25, 0.3) is 5.77 Å². The van der Waals surface area contributed by atoms with Crippen LogP contribution in [-0.2, 0) is 16.3 Å². The van der Waals surface area contributed by atoms with E-state index in [0.29, 0.717) is 0 Å². The molecule has 0 radical (unpaired) electrons. The van der Waals surface area contributed by atoms with Crippen LogP contribution < -0.4 is 0 Å². The van der Waals surface area contributed by atoms with Crippen LogP contribution in [0.25, 0.3) is 0 Å². The van der Waals surface area contributed by atoms with Crippen molar-refractivity contribution >= 4 is 45.7 Å². The van der Waals surface area contributed by atoms with Gasteiger partial charge in [-0.3, -0.25) is 0 Å². The summed E-state index contributed by atoms with van der Waals surface area (Å²) in [5.74, 6) is -2.47. The second-order valence-electron chi connectivity index (χ2n) is 2.12. The van der Waals surface area contributed by atoms with Crippen LogP contribution in [0.15, 0.2) is 4.76 Å². The highest BCUT2D eigenvalue weighted by molar-refractivity contribution is 8.24. The summed E-state index contributed by atoms with van der Waals surface area (Å²) in [5, 5.41) is 0.787. The van der Waals surface area contributed by atoms with Crippen molar-refractivity contribution in [2.75, 3.05) is 27.5 Å². The number of amidine groups is 1. The predicted molar refractivity (Wildman–Crippen MR) is 61.8 cm³/mol. The van der Waals surface area contributed by atoms with Gasteiger partial charge in [-0.2, -0.15) is 4.76 Å². The molecule has 0 N–H and O–H groups in total. The van der Waals surface area contributed by atoms with Crippen molar-refractivity contribution in [3.05, 3.63) is 0 Å². The Morgan fingerprint density at radius 3 is 2.42 bits per heavy atom. The topological polar surface area (TPSA) is 24.8 Å². The fourth-order valence-corrected chi connectivity index (χ4v) is 2.69. The fraction of sp³-hybridized carbons (Fsp3) is 0.800. The summed E-state index contributed by atoms with van der Waals surface area (Å²) in [6.45, 7) is 0. The quantitative estimate of drug-likeness (QED) is 0.424. The molecule has 0 aromatic rings. The molecule has 7 heteroatoms. The van der Waals surface area contributed by atoms with E-state index in [4.69, 9.17) is 27.6 Å². The van der Waals surface area contributed by atoms with Gasteiger partial charge in [-0.05, 0) is 29.3 Å². The van der Waals surface area contributed by atoms with E-state index in [1.165, 1.54) is 18.9 Å². The Bertz CT molecular complexity index is 221. The van der Waals surface area contributed by atoms with Gasteiger partial charge in [0.2, 0.25) is 0 Å². The summed E-state index contributed by atoms with van der Waals surface area (Å²) >= 11 is 12.2. The van der Waals surface area contributed by atoms with Gasteiger partial charge < -0.3 is 9.42 Å². The summed E-state index contributed by atoms with van der Waals surface area (Å²) in [4.78, 5) is 1.85. The molecule has 0 amide bonds. The minimum Gasteiger partial charge on any atom is -0.357 e. The first-order valence-corrected chi connectivity index (χ1v) is 7.90. The Morgan fingerprint density at radius 2 is 2.17 bits per heavy atom. The number of hydrogen-bond donors (Lipinski definition) is 0. The molecule has 3 nitrogen and oxygen atoms in total. The molecule has 0 aliphatic heterocycles. The summed E-state index contributed by atoms with van der Waals surface area (Å²) in [5.41, 5.74) is 0. The standard InChI is InChI=1S/C5H12ClN2OPS2/c1-8(2)5(12-4)7-10(6,11)9-3/h1-4H3. The SMILES string of the molecule is COP(=S)(Cl)N=C(SC)N(C)C. The highest BCUT2D eigenvalue weighted by atomic mass is 35.7. The zero-order valence-electron chi connectivity index (χ0n) is 7.44. The number of nitrogens with zero attached hydrogens (tertiary/aromatic N) is 2. The van der Waals surface area contributed by atoms with Gasteiger partial charge in [-0.15, -0.1) is 0 Å². The first kappa shape index (κ1) is 12.7. The van der Waals surface area contributed by atoms with Crippen LogP contribution in [-0.4, -0.2) is 37.5 Å². The van der Waals surface area contributed by atoms with Crippen LogP contribution in [0.5, 0.6) is 0 Å². The molecule has 0 bridgehead atoms. The zero-order valence-corrected chi connectivity index (χ0v) is 10.7. The molecule has 0 heterocycles. The third-order valence-electron chi connectivity index (χ3n) is 0.995. The smallest absolute Gasteiger partial charge is 0.267 e. The maximum Gasteiger partial charge on any atom is 0.267 e. The van der Waals surface area contributed by atoms with Crippen molar-refractivity contribution < 1.29 is 4.52 Å². The highest BCUT2D eigenvalue weighted by Gasteiger charge is 2.12. The summed E-state index contributed by atoms with van der Waals surface area (Å²) in [6.07, 6.45) is 1.92. The van der Waals surface area contributed by atoms with Gasteiger partial charge >= 0.3 is 0 Å². The third kappa shape index (κ3) is 4.67. The lowest BCUT2D eigenvalue weighted by molar-refractivity contribution is 0.469. The normalized spacial score (nSPS) is 17.2. The number of rotatable bonds is 2. The molecule has 0 rings (SSSR count). The van der Waals surface area contributed by atoms with Crippen LogP contribution in [0.2, 0.25) is 0 Å². The lowest BCUT2D eigenvalue weighted by Gasteiger charge is -2.15. The highest BCUT2D eigenvalue weighted by Crippen LogP contribution is 2.54. The van der Waals surface area contributed by atoms with Gasteiger partial charge in [-0.25, -0.2) is 0 Å². The lowest BCUT2D eigenvalue weighted by atomic mass is 10.9. The number of hydrogen-bond acceptors (Lipinski definition) is 3. The van der Waals surface area contributed by atoms with Crippen molar-refractivity contribution in [3.63, 3.8) is 0 Å². The molecule has 0 aliphatic carbocycles. The molecule has 0 fully saturated rings. The molecule has 0 saturated carbocycles. The maximum absolute atomic E-state index is 5.81. The minimum absolute atomic E-state index is 0.787. The van der Waals surface area contributed by atoms with Crippen molar-refractivity contribution in [2.24, 2.45) is 4.76 Å². The van der Waals surface area contributed by atoms with E-state index in [2.05, 4.69) is 4.76 Å². The molecule has 12 heavy (non-hydrogen) atoms. The predicted octanol–water partition coefficient (Wildman–Crippen LogP) is 2.38. The van der Waals surface area contributed by atoms with E-state index in [-0.39, 0.29) is 0 Å². The van der Waals surface area contributed by atoms with E-state index in [1.807, 2.05) is 25.3 Å². The molecule has 0 spiro atoms. The Kier molecular flexibility index (Phi) is 5.78. The van der Waals surface area contributed by atoms with Gasteiger partial charge in [0, 0.05) is 21.2 Å². The maximum atomic E-state index is 5.81. The average Bonchev–Trinajstić information content (AvgIpc) is 2.00. The third-order valence-corrected chi connectivity index (χ3v) is 4.16. The van der Waals surface area contributed by atoms with E-state index >= 15 is 0 Å². The Hall–Kier alpha value is 0.720. The van der Waals surface area contributed by atoms with Crippen molar-refractivity contribution in [1.82, 2.24) is 4.90 Å². The van der Waals surface area contributed by atoms with Crippen LogP contribution in [0.4, 0.5) is 0 Å². The minimum atomic E-state index is -2.47. The average molecular weight is 247 g/mol. The van der Waals surface area contributed by atoms with Gasteiger partial charge in [0.1, 0.15) is 0 Å². The number of halogens is 1. The zero-order chi connectivity index (χ0) is 9.78. The Morgan fingerprint density at radius 1 is 1.67 bits per heavy atom. The van der Waals surface area contributed by atoms with E-state index < -0.39 is 5.77 Å². The molecule has 0 aromatic carbocycles. The van der Waals surface area contributed by atoms with E-state index in [1.54, 1.807) is 0 Å². The molecule has 1 atom stereocenters. The largest absolute Gasteiger partial charge is 0.357 e. The van der Waals surface area contributed by atoms with Crippen molar-refractivity contribution in [1.29, 1.82) is 0 Å². The van der Waals surface area contributed by atoms with Gasteiger partial charge in [-0.1, -0.05) is 11.8 Å². The second kappa shape index (κ2) is 5.45. The molecule has 0 aliphatic rings. The fourth-order valence-electron chi connectivity index (χ4n) is 0.456. The Labute approximate surface area is 87.4 Å². The van der Waals surface area contributed by atoms with Crippen LogP contribution in [0.3, 0.4) is 0 Å². The first-order chi connectivity index (χ1) is 5.43. The summed E-state index contributed by atoms with van der Waals surface area (Å²) < 4.78 is 9.00. The van der Waals surface area contributed by atoms with Gasteiger partial charge in [0.05, 0.1) is 0 Å². The summed E-state index contributed by atoms with van der Waals surface area (Å²) in [6, 6.07) is 0. The van der Waals surface area contributed by atoms with Crippen LogP contribution >= 0.6 is 28.8 Å². The van der Waals surface area contributed by atoms with Crippen molar-refractivity contribution in [3.8, 4) is 0 Å². The summed E-state index contributed by atoms with van der Waals surface area (Å²) in [7, 11) is 5.25.